The van der Waals surface area contributed by atoms with Gasteiger partial charge in [0.2, 0.25) is 11.0 Å². The van der Waals surface area contributed by atoms with E-state index in [1.807, 2.05) is 0 Å². The lowest BCUT2D eigenvalue weighted by molar-refractivity contribution is -0.118. The van der Waals surface area contributed by atoms with Crippen LogP contribution in [-0.4, -0.2) is 42.1 Å². The number of thioether (sulfide) groups is 1. The number of ether oxygens (including phenoxy) is 1. The third-order valence-corrected chi connectivity index (χ3v) is 4.91. The van der Waals surface area contributed by atoms with Crippen molar-refractivity contribution in [2.24, 2.45) is 0 Å². The molecule has 1 heterocycles. The zero-order valence-electron chi connectivity index (χ0n) is 12.8. The van der Waals surface area contributed by atoms with Gasteiger partial charge >= 0.3 is 6.61 Å². The molecule has 0 fully saturated rings. The molecule has 0 aliphatic carbocycles. The van der Waals surface area contributed by atoms with Crippen LogP contribution in [0.4, 0.5) is 13.9 Å². The number of hydrogen-bond donors (Lipinski definition) is 2. The maximum Gasteiger partial charge on any atom is 0.387 e. The first-order valence-electron chi connectivity index (χ1n) is 7.01. The Bertz CT molecular complexity index is 652. The molecule has 24 heavy (non-hydrogen) atoms. The Labute approximate surface area is 146 Å². The number of nitrogens with zero attached hydrogens (tertiary/aromatic N) is 2. The van der Waals surface area contributed by atoms with Gasteiger partial charge < -0.3 is 15.4 Å². The molecule has 10 heteroatoms. The van der Waals surface area contributed by atoms with Crippen molar-refractivity contribution >= 4 is 34.1 Å². The van der Waals surface area contributed by atoms with Crippen LogP contribution < -0.4 is 15.4 Å². The summed E-state index contributed by atoms with van der Waals surface area (Å²) in [5.74, 6) is 0.283. The highest BCUT2D eigenvalue weighted by Gasteiger charge is 2.07. The van der Waals surface area contributed by atoms with Crippen molar-refractivity contribution in [2.45, 2.75) is 17.4 Å². The van der Waals surface area contributed by atoms with E-state index >= 15 is 0 Å². The topological polar surface area (TPSA) is 76.1 Å². The van der Waals surface area contributed by atoms with Crippen molar-refractivity contribution in [1.82, 2.24) is 15.5 Å². The summed E-state index contributed by atoms with van der Waals surface area (Å²) in [4.78, 5) is 11.8. The zero-order chi connectivity index (χ0) is 17.4. The van der Waals surface area contributed by atoms with Crippen LogP contribution in [0.15, 0.2) is 28.6 Å². The zero-order valence-corrected chi connectivity index (χ0v) is 14.4. The molecule has 0 aliphatic heterocycles. The van der Waals surface area contributed by atoms with Gasteiger partial charge in [-0.2, -0.15) is 8.78 Å². The number of hydrogen-bond acceptors (Lipinski definition) is 7. The Balaban J connectivity index is 1.66. The Kier molecular flexibility index (Phi) is 7.19. The van der Waals surface area contributed by atoms with E-state index in [4.69, 9.17) is 0 Å². The molecule has 1 aromatic carbocycles. The van der Waals surface area contributed by atoms with E-state index in [-0.39, 0.29) is 17.4 Å². The number of amides is 1. The monoisotopic (exact) mass is 374 g/mol. The largest absolute Gasteiger partial charge is 0.435 e. The van der Waals surface area contributed by atoms with E-state index in [0.717, 1.165) is 9.90 Å². The molecule has 0 saturated carbocycles. The summed E-state index contributed by atoms with van der Waals surface area (Å²) in [5, 5.41) is 14.2. The molecule has 1 aromatic heterocycles. The molecule has 2 aromatic rings. The number of carbonyl (C=O) groups is 1. The number of anilines is 1. The summed E-state index contributed by atoms with van der Waals surface area (Å²) < 4.78 is 29.1. The fourth-order valence-corrected chi connectivity index (χ4v) is 3.27. The standard InChI is InChI=1S/C14H16F2N4O2S2/c1-17-13-19-20-14(24-13)23-8-11(21)18-7-6-9-2-4-10(5-3-9)22-12(15)16/h2-5,12H,6-8H2,1H3,(H,17,19)(H,18,21). The first-order chi connectivity index (χ1) is 11.6. The molecule has 130 valence electrons. The molecule has 0 atom stereocenters. The molecule has 0 aliphatic rings. The van der Waals surface area contributed by atoms with Gasteiger partial charge in [-0.25, -0.2) is 0 Å². The van der Waals surface area contributed by atoms with E-state index in [2.05, 4.69) is 25.6 Å². The Hall–Kier alpha value is -1.94. The number of nitrogens with one attached hydrogen (secondary N) is 2. The van der Waals surface area contributed by atoms with Gasteiger partial charge in [0.25, 0.3) is 0 Å². The highest BCUT2D eigenvalue weighted by Crippen LogP contribution is 2.24. The van der Waals surface area contributed by atoms with Crippen molar-refractivity contribution in [1.29, 1.82) is 0 Å². The lowest BCUT2D eigenvalue weighted by Crippen LogP contribution is -2.27. The summed E-state index contributed by atoms with van der Waals surface area (Å²) >= 11 is 2.71. The first-order valence-corrected chi connectivity index (χ1v) is 8.81. The Morgan fingerprint density at radius 2 is 2.08 bits per heavy atom. The molecule has 2 rings (SSSR count). The second-order valence-corrected chi connectivity index (χ2v) is 6.73. The highest BCUT2D eigenvalue weighted by atomic mass is 32.2. The number of aromatic nitrogens is 2. The SMILES string of the molecule is CNc1nnc(SCC(=O)NCCc2ccc(OC(F)F)cc2)s1. The molecule has 1 amide bonds. The third kappa shape index (κ3) is 6.28. The fraction of sp³-hybridized carbons (Fsp3) is 0.357. The van der Waals surface area contributed by atoms with Crippen LogP contribution in [0.2, 0.25) is 0 Å². The molecule has 0 bridgehead atoms. The molecule has 0 radical (unpaired) electrons. The molecular weight excluding hydrogens is 358 g/mol. The minimum atomic E-state index is -2.83. The van der Waals surface area contributed by atoms with E-state index < -0.39 is 6.61 Å². The maximum atomic E-state index is 12.0. The van der Waals surface area contributed by atoms with Gasteiger partial charge in [-0.3, -0.25) is 4.79 Å². The van der Waals surface area contributed by atoms with Crippen LogP contribution in [0.25, 0.3) is 0 Å². The Morgan fingerprint density at radius 1 is 1.33 bits per heavy atom. The lowest BCUT2D eigenvalue weighted by Gasteiger charge is -2.07. The van der Waals surface area contributed by atoms with Crippen molar-refractivity contribution in [3.05, 3.63) is 29.8 Å². The number of carbonyl (C=O) groups excluding carboxylic acids is 1. The quantitative estimate of drug-likeness (QED) is 0.657. The van der Waals surface area contributed by atoms with Gasteiger partial charge in [0.1, 0.15) is 5.75 Å². The summed E-state index contributed by atoms with van der Waals surface area (Å²) in [6, 6.07) is 6.35. The molecule has 0 saturated heterocycles. The minimum absolute atomic E-state index is 0.0983. The number of alkyl halides is 2. The van der Waals surface area contributed by atoms with Gasteiger partial charge in [0.15, 0.2) is 4.34 Å². The predicted molar refractivity (Wildman–Crippen MR) is 90.0 cm³/mol. The minimum Gasteiger partial charge on any atom is -0.435 e. The van der Waals surface area contributed by atoms with Crippen LogP contribution >= 0.6 is 23.1 Å². The highest BCUT2D eigenvalue weighted by molar-refractivity contribution is 8.01. The molecule has 0 spiro atoms. The van der Waals surface area contributed by atoms with E-state index in [0.29, 0.717) is 18.1 Å². The van der Waals surface area contributed by atoms with Gasteiger partial charge in [0.05, 0.1) is 5.75 Å². The smallest absolute Gasteiger partial charge is 0.387 e. The fourth-order valence-electron chi connectivity index (χ4n) is 1.73. The summed E-state index contributed by atoms with van der Waals surface area (Å²) in [6.45, 7) is -2.36. The Morgan fingerprint density at radius 3 is 2.71 bits per heavy atom. The normalized spacial score (nSPS) is 10.7. The second-order valence-electron chi connectivity index (χ2n) is 4.53. The van der Waals surface area contributed by atoms with Crippen LogP contribution in [-0.2, 0) is 11.2 Å². The molecular formula is C14H16F2N4O2S2. The van der Waals surface area contributed by atoms with E-state index in [1.54, 1.807) is 19.2 Å². The van der Waals surface area contributed by atoms with Crippen LogP contribution in [0.3, 0.4) is 0 Å². The first kappa shape index (κ1) is 18.4. The van der Waals surface area contributed by atoms with Crippen LogP contribution in [0.5, 0.6) is 5.75 Å². The van der Waals surface area contributed by atoms with Crippen molar-refractivity contribution < 1.29 is 18.3 Å². The average Bonchev–Trinajstić information content (AvgIpc) is 3.02. The maximum absolute atomic E-state index is 12.0. The number of benzene rings is 1. The van der Waals surface area contributed by atoms with Crippen LogP contribution in [0.1, 0.15) is 5.56 Å². The summed E-state index contributed by atoms with van der Waals surface area (Å²) in [6.07, 6.45) is 0.605. The van der Waals surface area contributed by atoms with Gasteiger partial charge in [-0.05, 0) is 24.1 Å². The lowest BCUT2D eigenvalue weighted by atomic mass is 10.1. The average molecular weight is 374 g/mol. The van der Waals surface area contributed by atoms with E-state index in [9.17, 15) is 13.6 Å². The van der Waals surface area contributed by atoms with Crippen molar-refractivity contribution in [2.75, 3.05) is 24.7 Å². The van der Waals surface area contributed by atoms with Crippen LogP contribution in [0, 0.1) is 0 Å². The number of halogens is 2. The van der Waals surface area contributed by atoms with Crippen molar-refractivity contribution in [3.8, 4) is 5.75 Å². The van der Waals surface area contributed by atoms with Crippen molar-refractivity contribution in [3.63, 3.8) is 0 Å². The summed E-state index contributed by atoms with van der Waals surface area (Å²) in [7, 11) is 1.76. The van der Waals surface area contributed by atoms with Gasteiger partial charge in [-0.15, -0.1) is 10.2 Å². The molecule has 6 nitrogen and oxygen atoms in total. The third-order valence-electron chi connectivity index (χ3n) is 2.83. The molecule has 0 unspecified atom stereocenters. The van der Waals surface area contributed by atoms with E-state index in [1.165, 1.54) is 35.2 Å². The predicted octanol–water partition coefficient (Wildman–Crippen LogP) is 2.63. The van der Waals surface area contributed by atoms with Gasteiger partial charge in [0, 0.05) is 13.6 Å². The summed E-state index contributed by atoms with van der Waals surface area (Å²) in [5.41, 5.74) is 0.923. The second kappa shape index (κ2) is 9.38. The van der Waals surface area contributed by atoms with Gasteiger partial charge in [-0.1, -0.05) is 35.2 Å². The molecule has 2 N–H and O–H groups in total. The number of rotatable bonds is 9.